The number of amides is 2. The van der Waals surface area contributed by atoms with Crippen LogP contribution in [0.3, 0.4) is 0 Å². The molecular formula is C21H24N2O4S. The van der Waals surface area contributed by atoms with Crippen LogP contribution in [0.1, 0.15) is 51.3 Å². The van der Waals surface area contributed by atoms with Crippen LogP contribution in [-0.4, -0.2) is 38.0 Å². The summed E-state index contributed by atoms with van der Waals surface area (Å²) in [6.45, 7) is 0.508. The predicted molar refractivity (Wildman–Crippen MR) is 108 cm³/mol. The summed E-state index contributed by atoms with van der Waals surface area (Å²) in [7, 11) is 1.30. The maximum absolute atomic E-state index is 12.2. The zero-order valence-electron chi connectivity index (χ0n) is 15.8. The van der Waals surface area contributed by atoms with E-state index >= 15 is 0 Å². The van der Waals surface area contributed by atoms with Crippen molar-refractivity contribution in [1.82, 2.24) is 10.6 Å². The molecule has 0 atom stereocenters. The van der Waals surface area contributed by atoms with E-state index in [1.807, 2.05) is 6.07 Å². The average Bonchev–Trinajstić information content (AvgIpc) is 3.42. The second-order valence-corrected chi connectivity index (χ2v) is 7.94. The molecule has 2 aromatic rings. The lowest BCUT2D eigenvalue weighted by Gasteiger charge is -2.28. The van der Waals surface area contributed by atoms with Crippen molar-refractivity contribution in [2.75, 3.05) is 20.2 Å². The van der Waals surface area contributed by atoms with Gasteiger partial charge in [0.2, 0.25) is 5.91 Å². The minimum absolute atomic E-state index is 0.0253. The van der Waals surface area contributed by atoms with Gasteiger partial charge < -0.3 is 15.4 Å². The molecule has 0 unspecified atom stereocenters. The number of esters is 1. The molecule has 0 saturated heterocycles. The maximum Gasteiger partial charge on any atom is 0.337 e. The van der Waals surface area contributed by atoms with Gasteiger partial charge in [-0.1, -0.05) is 18.9 Å². The summed E-state index contributed by atoms with van der Waals surface area (Å²) in [5.74, 6) is -1.03. The van der Waals surface area contributed by atoms with Crippen molar-refractivity contribution in [3.05, 3.63) is 57.8 Å². The summed E-state index contributed by atoms with van der Waals surface area (Å²) in [6.07, 6.45) is 4.50. The number of nitrogens with one attached hydrogen (secondary N) is 2. The number of hydrogen-bond acceptors (Lipinski definition) is 5. The molecule has 0 bridgehead atoms. The standard InChI is InChI=1S/C21H24N2O4S/c1-27-20(26)16-8-6-15(7-9-16)19(25)22-13-18(24)23-14-21(10-2-3-11-21)17-5-4-12-28-17/h4-9,12H,2-3,10-11,13-14H2,1H3,(H,22,25)(H,23,24). The second-order valence-electron chi connectivity index (χ2n) is 6.99. The van der Waals surface area contributed by atoms with E-state index in [0.717, 1.165) is 12.8 Å². The van der Waals surface area contributed by atoms with Gasteiger partial charge in [-0.15, -0.1) is 11.3 Å². The van der Waals surface area contributed by atoms with Crippen LogP contribution >= 0.6 is 11.3 Å². The van der Waals surface area contributed by atoms with E-state index < -0.39 is 5.97 Å². The van der Waals surface area contributed by atoms with Gasteiger partial charge in [0.05, 0.1) is 19.2 Å². The Balaban J connectivity index is 1.50. The molecule has 1 aromatic heterocycles. The van der Waals surface area contributed by atoms with E-state index in [9.17, 15) is 14.4 Å². The molecule has 1 heterocycles. The minimum atomic E-state index is -0.460. The molecule has 1 saturated carbocycles. The number of benzene rings is 1. The number of carbonyl (C=O) groups excluding carboxylic acids is 3. The Labute approximate surface area is 168 Å². The topological polar surface area (TPSA) is 84.5 Å². The summed E-state index contributed by atoms with van der Waals surface area (Å²) in [6, 6.07) is 10.3. The van der Waals surface area contributed by atoms with Gasteiger partial charge in [-0.05, 0) is 48.6 Å². The molecular weight excluding hydrogens is 376 g/mol. The van der Waals surface area contributed by atoms with Crippen molar-refractivity contribution < 1.29 is 19.1 Å². The van der Waals surface area contributed by atoms with Crippen LogP contribution in [-0.2, 0) is 14.9 Å². The summed E-state index contributed by atoms with van der Waals surface area (Å²) in [5, 5.41) is 7.68. The van der Waals surface area contributed by atoms with Crippen molar-refractivity contribution >= 4 is 29.1 Å². The number of ether oxygens (including phenoxy) is 1. The first kappa shape index (κ1) is 20.1. The van der Waals surface area contributed by atoms with Gasteiger partial charge >= 0.3 is 5.97 Å². The highest BCUT2D eigenvalue weighted by molar-refractivity contribution is 7.10. The smallest absolute Gasteiger partial charge is 0.337 e. The van der Waals surface area contributed by atoms with Crippen molar-refractivity contribution in [2.24, 2.45) is 0 Å². The van der Waals surface area contributed by atoms with Crippen LogP contribution in [0.5, 0.6) is 0 Å². The summed E-state index contributed by atoms with van der Waals surface area (Å²) in [4.78, 5) is 37.2. The first-order chi connectivity index (χ1) is 13.5. The van der Waals surface area contributed by atoms with Gasteiger partial charge in [-0.3, -0.25) is 9.59 Å². The average molecular weight is 401 g/mol. The fourth-order valence-electron chi connectivity index (χ4n) is 3.61. The Bertz CT molecular complexity index is 825. The molecule has 28 heavy (non-hydrogen) atoms. The summed E-state index contributed by atoms with van der Waals surface area (Å²) >= 11 is 1.74. The molecule has 2 N–H and O–H groups in total. The molecule has 0 aliphatic heterocycles. The van der Waals surface area contributed by atoms with Crippen molar-refractivity contribution in [1.29, 1.82) is 0 Å². The van der Waals surface area contributed by atoms with Crippen LogP contribution < -0.4 is 10.6 Å². The Morgan fingerprint density at radius 2 is 1.71 bits per heavy atom. The van der Waals surface area contributed by atoms with Crippen LogP contribution in [0.2, 0.25) is 0 Å². The van der Waals surface area contributed by atoms with Crippen molar-refractivity contribution in [3.8, 4) is 0 Å². The van der Waals surface area contributed by atoms with Crippen LogP contribution in [0.4, 0.5) is 0 Å². The van der Waals surface area contributed by atoms with E-state index in [2.05, 4.69) is 26.8 Å². The lowest BCUT2D eigenvalue weighted by atomic mass is 9.84. The first-order valence-corrected chi connectivity index (χ1v) is 10.2. The molecule has 1 aromatic carbocycles. The zero-order chi connectivity index (χ0) is 20.0. The normalized spacial score (nSPS) is 15.0. The number of hydrogen-bond donors (Lipinski definition) is 2. The Hall–Kier alpha value is -2.67. The molecule has 148 valence electrons. The maximum atomic E-state index is 12.2. The van der Waals surface area contributed by atoms with Gasteiger partial charge in [-0.2, -0.15) is 0 Å². The molecule has 0 spiro atoms. The van der Waals surface area contributed by atoms with Crippen LogP contribution in [0.15, 0.2) is 41.8 Å². The third-order valence-electron chi connectivity index (χ3n) is 5.21. The van der Waals surface area contributed by atoms with E-state index in [-0.39, 0.29) is 23.8 Å². The Morgan fingerprint density at radius 1 is 1.04 bits per heavy atom. The molecule has 2 amide bonds. The second kappa shape index (κ2) is 9.01. The number of carbonyl (C=O) groups is 3. The molecule has 3 rings (SSSR count). The highest BCUT2D eigenvalue weighted by Crippen LogP contribution is 2.42. The first-order valence-electron chi connectivity index (χ1n) is 9.31. The fraction of sp³-hybridized carbons (Fsp3) is 0.381. The van der Waals surface area contributed by atoms with Crippen LogP contribution in [0.25, 0.3) is 0 Å². The van der Waals surface area contributed by atoms with Gasteiger partial charge in [0.15, 0.2) is 0 Å². The van der Waals surface area contributed by atoms with E-state index in [1.165, 1.54) is 49.1 Å². The van der Waals surface area contributed by atoms with E-state index in [1.54, 1.807) is 11.3 Å². The third-order valence-corrected chi connectivity index (χ3v) is 6.32. The van der Waals surface area contributed by atoms with Crippen LogP contribution in [0, 0.1) is 0 Å². The van der Waals surface area contributed by atoms with Gasteiger partial charge in [0, 0.05) is 22.4 Å². The Kier molecular flexibility index (Phi) is 6.46. The molecule has 1 fully saturated rings. The fourth-order valence-corrected chi connectivity index (χ4v) is 4.60. The quantitative estimate of drug-likeness (QED) is 0.700. The zero-order valence-corrected chi connectivity index (χ0v) is 16.6. The van der Waals surface area contributed by atoms with E-state index in [4.69, 9.17) is 0 Å². The highest BCUT2D eigenvalue weighted by atomic mass is 32.1. The van der Waals surface area contributed by atoms with Crippen molar-refractivity contribution in [2.45, 2.75) is 31.1 Å². The minimum Gasteiger partial charge on any atom is -0.465 e. The SMILES string of the molecule is COC(=O)c1ccc(C(=O)NCC(=O)NCC2(c3cccs3)CCCC2)cc1. The molecule has 7 heteroatoms. The number of thiophene rings is 1. The number of methoxy groups -OCH3 is 1. The molecule has 1 aliphatic rings. The van der Waals surface area contributed by atoms with Gasteiger partial charge in [-0.25, -0.2) is 4.79 Å². The molecule has 0 radical (unpaired) electrons. The summed E-state index contributed by atoms with van der Waals surface area (Å²) < 4.78 is 4.63. The molecule has 1 aliphatic carbocycles. The monoisotopic (exact) mass is 400 g/mol. The van der Waals surface area contributed by atoms with Crippen molar-refractivity contribution in [3.63, 3.8) is 0 Å². The third kappa shape index (κ3) is 4.59. The molecule has 6 nitrogen and oxygen atoms in total. The number of rotatable bonds is 7. The largest absolute Gasteiger partial charge is 0.465 e. The lowest BCUT2D eigenvalue weighted by molar-refractivity contribution is -0.120. The Morgan fingerprint density at radius 3 is 2.32 bits per heavy atom. The lowest BCUT2D eigenvalue weighted by Crippen LogP contribution is -2.43. The van der Waals surface area contributed by atoms with Gasteiger partial charge in [0.1, 0.15) is 0 Å². The van der Waals surface area contributed by atoms with Gasteiger partial charge in [0.25, 0.3) is 5.91 Å². The summed E-state index contributed by atoms with van der Waals surface area (Å²) in [5.41, 5.74) is 0.774. The van der Waals surface area contributed by atoms with E-state index in [0.29, 0.717) is 17.7 Å². The highest BCUT2D eigenvalue weighted by Gasteiger charge is 2.36. The predicted octanol–water partition coefficient (Wildman–Crippen LogP) is 2.89.